The largest absolute Gasteiger partial charge is 0.446 e. The Kier molecular flexibility index (Phi) is 42.1. The van der Waals surface area contributed by atoms with E-state index < -0.39 is 0 Å². The maximum absolute atomic E-state index is 5.23. The standard InChI is InChI=1S/C12H24N2.C10H20N2.C8H14N2.C7H11NO.C7H11NS.2C6H10N2O.2C6H10N2S.C4H8N4.2CH4/c1-8(2)10-13-11(4,5)9(3)12(6,7)14-10;1-7(2)8-11-9(3,4)10(5,6)12-8;1-5(2)8-9-6(3)7(4)10-8;2*1-5(2)7-8-4-6(3)9-7;1-4(2)6-8-7-5(3)9-6;1-4(2)6-7-5(3)9-8-6;1-4(2)6-8-7-5(3)9-6;1-4(2)6-7-5(3)9-8-6;1-3(2)4-5-7-8-6-4;;/h8-9H,1-7H3,(H,13,14);7H,1-6H3,(H,11,12);5H,1-4H3,(H,9,10);2*4-5H,1-3H3;4*4H,1-3H3;3H,1-2H3,(H,5,6,7,8);2*1H4. The summed E-state index contributed by atoms with van der Waals surface area (Å²) in [6.07, 6.45) is 3.68. The molecule has 0 saturated heterocycles. The monoisotopic (exact) mass is 1450 g/mol. The van der Waals surface area contributed by atoms with Crippen molar-refractivity contribution in [2.75, 3.05) is 0 Å². The van der Waals surface area contributed by atoms with Crippen LogP contribution in [-0.4, -0.2) is 114 Å². The lowest BCUT2D eigenvalue weighted by molar-refractivity contribution is 0.189. The zero-order chi connectivity index (χ0) is 75.5. The molecule has 10 rings (SSSR count). The van der Waals surface area contributed by atoms with Gasteiger partial charge in [0.15, 0.2) is 17.5 Å². The lowest BCUT2D eigenvalue weighted by Crippen LogP contribution is -2.59. The molecule has 0 radical (unpaired) electrons. The van der Waals surface area contributed by atoms with Gasteiger partial charge in [0.05, 0.1) is 39.4 Å². The van der Waals surface area contributed by atoms with Gasteiger partial charge in [0.1, 0.15) is 38.3 Å². The van der Waals surface area contributed by atoms with Gasteiger partial charge in [0, 0.05) is 101 Å². The van der Waals surface area contributed by atoms with Crippen LogP contribution >= 0.6 is 34.2 Å². The lowest BCUT2D eigenvalue weighted by Gasteiger charge is -2.47. The number of aliphatic imine (C=N–C) groups is 2. The van der Waals surface area contributed by atoms with Crippen molar-refractivity contribution < 1.29 is 13.4 Å². The SMILES string of the molecule is C.C.CC(C)C1=NC(C)(C)C(C)(C)N1.CC(C)C1=NC(C)(C)C(C)C(C)(C)N1.CC(C)c1nn[nH]n1.Cc1cnc(C(C)C)o1.Cc1cnc(C(C)C)s1.Cc1nc(C(C)C)[nH]c1C.Cc1nc(C(C)C)no1.Cc1nc(C(C)C)ns1.Cc1nnc(C(C)C)o1.Cc1nnc(C(C)C)s1. The summed E-state index contributed by atoms with van der Waals surface area (Å²) < 4.78 is 19.3. The predicted octanol–water partition coefficient (Wildman–Crippen LogP) is 20.4. The van der Waals surface area contributed by atoms with Crippen LogP contribution in [0.25, 0.3) is 0 Å². The number of H-pyrrole nitrogens is 2. The maximum Gasteiger partial charge on any atom is 0.223 e. The van der Waals surface area contributed by atoms with Crippen LogP contribution in [0, 0.1) is 73.1 Å². The topological polar surface area (TPSA) is 300 Å². The Labute approximate surface area is 616 Å². The van der Waals surface area contributed by atoms with Crippen molar-refractivity contribution in [1.82, 2.24) is 91.1 Å². The lowest BCUT2D eigenvalue weighted by atomic mass is 9.74. The van der Waals surface area contributed by atoms with Crippen LogP contribution in [0.4, 0.5) is 0 Å². The van der Waals surface area contributed by atoms with Crippen molar-refractivity contribution in [3.63, 3.8) is 0 Å². The molecular weight excluding hydrogens is 1310 g/mol. The molecule has 0 aromatic carbocycles. The van der Waals surface area contributed by atoms with Gasteiger partial charge in [-0.15, -0.1) is 53.3 Å². The second-order valence-electron chi connectivity index (χ2n) is 30.0. The average Bonchev–Trinajstić information content (AvgIpc) is 0.925. The maximum atomic E-state index is 5.23. The third-order valence-electron chi connectivity index (χ3n) is 15.5. The number of oxazole rings is 1. The number of nitrogens with zero attached hydrogens (tertiary/aromatic N) is 16. The average molecular weight is 1450 g/mol. The van der Waals surface area contributed by atoms with E-state index in [1.54, 1.807) is 42.7 Å². The minimum atomic E-state index is 0. The van der Waals surface area contributed by atoms with Crippen molar-refractivity contribution in [2.24, 2.45) is 27.7 Å². The molecule has 0 aliphatic carbocycles. The molecule has 568 valence electrons. The number of hydrogen-bond acceptors (Lipinski definition) is 24. The number of aromatic nitrogens is 16. The van der Waals surface area contributed by atoms with Gasteiger partial charge in [-0.05, 0) is 108 Å². The summed E-state index contributed by atoms with van der Waals surface area (Å²) in [5.41, 5.74) is 2.60. The van der Waals surface area contributed by atoms with E-state index in [-0.39, 0.29) is 37.0 Å². The zero-order valence-electron chi connectivity index (χ0n) is 67.1. The Morgan fingerprint density at radius 2 is 1.03 bits per heavy atom. The molecule has 1 unspecified atom stereocenters. The van der Waals surface area contributed by atoms with Crippen molar-refractivity contribution in [1.29, 1.82) is 0 Å². The molecule has 0 fully saturated rings. The Bertz CT molecular complexity index is 3140. The van der Waals surface area contributed by atoms with E-state index >= 15 is 0 Å². The molecule has 4 N–H and O–H groups in total. The summed E-state index contributed by atoms with van der Waals surface area (Å²) in [5, 5.41) is 44.0. The van der Waals surface area contributed by atoms with Crippen LogP contribution < -0.4 is 10.6 Å². The smallest absolute Gasteiger partial charge is 0.223 e. The normalized spacial score (nSPS) is 14.9. The van der Waals surface area contributed by atoms with E-state index in [0.717, 1.165) is 67.3 Å². The third-order valence-corrected chi connectivity index (χ3v) is 18.5. The first-order valence-corrected chi connectivity index (χ1v) is 37.0. The van der Waals surface area contributed by atoms with Crippen LogP contribution in [0.3, 0.4) is 0 Å². The van der Waals surface area contributed by atoms with E-state index in [0.29, 0.717) is 82.8 Å². The molecule has 0 amide bonds. The fourth-order valence-electron chi connectivity index (χ4n) is 7.98. The highest BCUT2D eigenvalue weighted by Gasteiger charge is 2.43. The molecule has 23 nitrogen and oxygen atoms in total. The van der Waals surface area contributed by atoms with Crippen LogP contribution in [0.1, 0.15) is 352 Å². The molecule has 0 saturated carbocycles. The Hall–Kier alpha value is -6.54. The minimum Gasteiger partial charge on any atom is -0.446 e. The highest BCUT2D eigenvalue weighted by Crippen LogP contribution is 2.35. The summed E-state index contributed by atoms with van der Waals surface area (Å²) in [6, 6.07) is 0. The van der Waals surface area contributed by atoms with Gasteiger partial charge < -0.3 is 29.0 Å². The van der Waals surface area contributed by atoms with Gasteiger partial charge in [-0.25, -0.2) is 19.9 Å². The summed E-state index contributed by atoms with van der Waals surface area (Å²) in [5.74, 6) is 14.7. The van der Waals surface area contributed by atoms with Gasteiger partial charge in [-0.2, -0.15) is 14.6 Å². The molecule has 26 heteroatoms. The van der Waals surface area contributed by atoms with Crippen LogP contribution in [-0.2, 0) is 0 Å². The number of aryl methyl sites for hydroxylation is 8. The first-order valence-electron chi connectivity index (χ1n) is 34.6. The van der Waals surface area contributed by atoms with Crippen LogP contribution in [0.15, 0.2) is 35.7 Å². The molecule has 10 heterocycles. The number of nitrogens with one attached hydrogen (secondary N) is 4. The van der Waals surface area contributed by atoms with E-state index in [1.165, 1.54) is 27.1 Å². The Balaban J connectivity index is 0. The second kappa shape index (κ2) is 44.1. The number of tetrazole rings is 1. The second-order valence-corrected chi connectivity index (χ2v) is 33.4. The molecule has 2 aliphatic rings. The first-order chi connectivity index (χ1) is 45.0. The van der Waals surface area contributed by atoms with Gasteiger partial charge in [-0.1, -0.05) is 171 Å². The predicted molar refractivity (Wildman–Crippen MR) is 420 cm³/mol. The summed E-state index contributed by atoms with van der Waals surface area (Å²) >= 11 is 4.93. The molecule has 1 atom stereocenters. The Morgan fingerprint density at radius 1 is 0.480 bits per heavy atom. The van der Waals surface area contributed by atoms with Crippen LogP contribution in [0.5, 0.6) is 0 Å². The number of amidine groups is 2. The quantitative estimate of drug-likeness (QED) is 0.0989. The third kappa shape index (κ3) is 34.4. The molecule has 2 aliphatic heterocycles. The molecule has 100 heavy (non-hydrogen) atoms. The minimum absolute atomic E-state index is 0. The Morgan fingerprint density at radius 3 is 1.26 bits per heavy atom. The van der Waals surface area contributed by atoms with E-state index in [9.17, 15) is 0 Å². The van der Waals surface area contributed by atoms with Crippen molar-refractivity contribution in [3.05, 3.63) is 101 Å². The summed E-state index contributed by atoms with van der Waals surface area (Å²) in [4.78, 5) is 34.9. The highest BCUT2D eigenvalue weighted by atomic mass is 32.1. The zero-order valence-corrected chi connectivity index (χ0v) is 69.6. The number of rotatable bonds is 10. The van der Waals surface area contributed by atoms with Crippen molar-refractivity contribution >= 4 is 45.9 Å². The van der Waals surface area contributed by atoms with Gasteiger partial charge in [0.25, 0.3) is 0 Å². The van der Waals surface area contributed by atoms with Gasteiger partial charge in [-0.3, -0.25) is 9.98 Å². The molecular formula is C74H136N20O3S3. The van der Waals surface area contributed by atoms with Crippen molar-refractivity contribution in [3.8, 4) is 0 Å². The fourth-order valence-corrected chi connectivity index (χ4v) is 10.1. The number of thiazole rings is 1. The van der Waals surface area contributed by atoms with E-state index in [4.69, 9.17) is 18.3 Å². The van der Waals surface area contributed by atoms with E-state index in [2.05, 4.69) is 262 Å². The summed E-state index contributed by atoms with van der Waals surface area (Å²) in [6.45, 7) is 77.6. The number of imidazole rings is 1. The molecule has 0 spiro atoms. The molecule has 0 bridgehead atoms. The highest BCUT2D eigenvalue weighted by molar-refractivity contribution is 7.11. The summed E-state index contributed by atoms with van der Waals surface area (Å²) in [7, 11) is 0. The first kappa shape index (κ1) is 95.5. The fraction of sp³-hybridized carbons (Fsp3) is 0.730. The van der Waals surface area contributed by atoms with E-state index in [1.807, 2.05) is 82.4 Å². The number of aromatic amines is 2. The van der Waals surface area contributed by atoms with Gasteiger partial charge >= 0.3 is 0 Å². The molecule has 8 aromatic rings. The van der Waals surface area contributed by atoms with Crippen molar-refractivity contribution in [2.45, 2.75) is 341 Å². The molecule has 8 aromatic heterocycles. The van der Waals surface area contributed by atoms with Gasteiger partial charge in [0.2, 0.25) is 17.7 Å². The van der Waals surface area contributed by atoms with Crippen LogP contribution in [0.2, 0.25) is 0 Å². The number of hydrogen-bond donors (Lipinski definition) is 4.